The monoisotopic (exact) mass is 298 g/mol. The smallest absolute Gasteiger partial charge is 0.195 e. The molecule has 3 rings (SSSR count). The molecule has 2 heterocycles. The Morgan fingerprint density at radius 3 is 2.67 bits per heavy atom. The Kier molecular flexibility index (Phi) is 4.01. The molecule has 4 nitrogen and oxygen atoms in total. The first kappa shape index (κ1) is 13.8. The maximum absolute atomic E-state index is 5.35. The van der Waals surface area contributed by atoms with Crippen molar-refractivity contribution in [2.75, 3.05) is 0 Å². The summed E-state index contributed by atoms with van der Waals surface area (Å²) in [7, 11) is 2.05. The summed E-state index contributed by atoms with van der Waals surface area (Å²) in [5.41, 5.74) is 2.54. The van der Waals surface area contributed by atoms with E-state index in [-0.39, 0.29) is 0 Å². The number of hydrogen-bond donors (Lipinski definition) is 1. The zero-order chi connectivity index (χ0) is 14.7. The average Bonchev–Trinajstić information content (AvgIpc) is 3.06. The van der Waals surface area contributed by atoms with Crippen LogP contribution >= 0.6 is 12.2 Å². The lowest BCUT2D eigenvalue weighted by Gasteiger charge is -2.08. The SMILES string of the molecule is Cn1cccc1Cc1n[nH]c(=S)n1CCc1ccccc1. The number of nitrogens with zero attached hydrogens (tertiary/aromatic N) is 3. The fourth-order valence-corrected chi connectivity index (χ4v) is 2.69. The molecule has 3 aromatic rings. The Morgan fingerprint density at radius 2 is 1.95 bits per heavy atom. The number of aromatic amines is 1. The number of nitrogens with one attached hydrogen (secondary N) is 1. The third-order valence-corrected chi connectivity index (χ3v) is 4.01. The highest BCUT2D eigenvalue weighted by Gasteiger charge is 2.09. The van der Waals surface area contributed by atoms with Crippen molar-refractivity contribution in [2.24, 2.45) is 7.05 Å². The van der Waals surface area contributed by atoms with E-state index in [1.807, 2.05) is 25.4 Å². The highest BCUT2D eigenvalue weighted by molar-refractivity contribution is 7.71. The van der Waals surface area contributed by atoms with Gasteiger partial charge in [0.2, 0.25) is 0 Å². The van der Waals surface area contributed by atoms with Crippen LogP contribution in [0.5, 0.6) is 0 Å². The van der Waals surface area contributed by atoms with Gasteiger partial charge >= 0.3 is 0 Å². The number of aromatic nitrogens is 4. The second kappa shape index (κ2) is 6.10. The second-order valence-electron chi connectivity index (χ2n) is 5.12. The Labute approximate surface area is 129 Å². The number of H-pyrrole nitrogens is 1. The van der Waals surface area contributed by atoms with Crippen molar-refractivity contribution in [3.8, 4) is 0 Å². The molecule has 0 bridgehead atoms. The van der Waals surface area contributed by atoms with Crippen LogP contribution in [0.2, 0.25) is 0 Å². The Hall–Kier alpha value is -2.14. The van der Waals surface area contributed by atoms with Crippen LogP contribution in [0.4, 0.5) is 0 Å². The first-order valence-electron chi connectivity index (χ1n) is 7.02. The van der Waals surface area contributed by atoms with E-state index >= 15 is 0 Å². The average molecular weight is 298 g/mol. The minimum atomic E-state index is 0.690. The molecule has 0 aliphatic heterocycles. The van der Waals surface area contributed by atoms with E-state index in [0.29, 0.717) is 4.77 Å². The van der Waals surface area contributed by atoms with E-state index in [1.165, 1.54) is 11.3 Å². The van der Waals surface area contributed by atoms with Gasteiger partial charge in [-0.15, -0.1) is 0 Å². The molecular weight excluding hydrogens is 280 g/mol. The molecule has 0 radical (unpaired) electrons. The van der Waals surface area contributed by atoms with Crippen molar-refractivity contribution in [1.82, 2.24) is 19.3 Å². The summed E-state index contributed by atoms with van der Waals surface area (Å²) in [6.45, 7) is 0.846. The van der Waals surface area contributed by atoms with Crippen LogP contribution in [-0.2, 0) is 26.4 Å². The second-order valence-corrected chi connectivity index (χ2v) is 5.51. The molecular formula is C16H18N4S. The zero-order valence-corrected chi connectivity index (χ0v) is 12.8. The highest BCUT2D eigenvalue weighted by atomic mass is 32.1. The van der Waals surface area contributed by atoms with Gasteiger partial charge in [0.15, 0.2) is 4.77 Å². The Balaban J connectivity index is 1.78. The molecule has 0 saturated carbocycles. The maximum atomic E-state index is 5.35. The predicted octanol–water partition coefficient (Wildman–Crippen LogP) is 3.11. The van der Waals surface area contributed by atoms with Crippen LogP contribution in [0.1, 0.15) is 17.1 Å². The van der Waals surface area contributed by atoms with Gasteiger partial charge < -0.3 is 9.13 Å². The zero-order valence-electron chi connectivity index (χ0n) is 12.0. The van der Waals surface area contributed by atoms with Crippen LogP contribution < -0.4 is 0 Å². The highest BCUT2D eigenvalue weighted by Crippen LogP contribution is 2.10. The number of rotatable bonds is 5. The lowest BCUT2D eigenvalue weighted by atomic mass is 10.1. The lowest BCUT2D eigenvalue weighted by Crippen LogP contribution is -2.08. The van der Waals surface area contributed by atoms with Gasteiger partial charge in [-0.3, -0.25) is 5.10 Å². The van der Waals surface area contributed by atoms with Gasteiger partial charge in [0.1, 0.15) is 5.82 Å². The number of benzene rings is 1. The van der Waals surface area contributed by atoms with E-state index in [2.05, 4.69) is 49.7 Å². The quantitative estimate of drug-likeness (QED) is 0.735. The molecule has 5 heteroatoms. The van der Waals surface area contributed by atoms with E-state index < -0.39 is 0 Å². The van der Waals surface area contributed by atoms with Crippen LogP contribution in [0, 0.1) is 4.77 Å². The molecule has 0 aliphatic rings. The largest absolute Gasteiger partial charge is 0.354 e. The Bertz CT molecular complexity index is 767. The molecule has 0 atom stereocenters. The Morgan fingerprint density at radius 1 is 1.14 bits per heavy atom. The van der Waals surface area contributed by atoms with Gasteiger partial charge in [-0.25, -0.2) is 0 Å². The van der Waals surface area contributed by atoms with Gasteiger partial charge in [-0.2, -0.15) is 5.10 Å². The van der Waals surface area contributed by atoms with Gasteiger partial charge in [-0.1, -0.05) is 30.3 Å². The molecule has 0 amide bonds. The van der Waals surface area contributed by atoms with Crippen molar-refractivity contribution in [3.05, 3.63) is 70.5 Å². The van der Waals surface area contributed by atoms with E-state index in [0.717, 1.165) is 25.2 Å². The summed E-state index contributed by atoms with van der Waals surface area (Å²) in [5, 5.41) is 7.29. The fourth-order valence-electron chi connectivity index (χ4n) is 2.44. The van der Waals surface area contributed by atoms with Gasteiger partial charge in [0.25, 0.3) is 0 Å². The van der Waals surface area contributed by atoms with Gasteiger partial charge in [-0.05, 0) is 36.3 Å². The van der Waals surface area contributed by atoms with Crippen LogP contribution in [0.25, 0.3) is 0 Å². The minimum Gasteiger partial charge on any atom is -0.354 e. The summed E-state index contributed by atoms with van der Waals surface area (Å²) < 4.78 is 4.89. The molecule has 0 aliphatic carbocycles. The summed E-state index contributed by atoms with van der Waals surface area (Å²) in [6.07, 6.45) is 3.78. The van der Waals surface area contributed by atoms with Crippen LogP contribution in [-0.4, -0.2) is 19.3 Å². The fraction of sp³-hybridized carbons (Fsp3) is 0.250. The number of hydrogen-bond acceptors (Lipinski definition) is 2. The summed E-state index contributed by atoms with van der Waals surface area (Å²) in [4.78, 5) is 0. The van der Waals surface area contributed by atoms with Gasteiger partial charge in [0.05, 0.1) is 0 Å². The topological polar surface area (TPSA) is 38.5 Å². The van der Waals surface area contributed by atoms with Crippen LogP contribution in [0.15, 0.2) is 48.7 Å². The van der Waals surface area contributed by atoms with Gasteiger partial charge in [0, 0.05) is 31.9 Å². The first-order chi connectivity index (χ1) is 10.2. The third kappa shape index (κ3) is 3.13. The molecule has 1 aromatic carbocycles. The normalized spacial score (nSPS) is 10.9. The molecule has 21 heavy (non-hydrogen) atoms. The van der Waals surface area contributed by atoms with E-state index in [1.54, 1.807) is 0 Å². The van der Waals surface area contributed by atoms with E-state index in [4.69, 9.17) is 12.2 Å². The van der Waals surface area contributed by atoms with Crippen molar-refractivity contribution in [3.63, 3.8) is 0 Å². The predicted molar refractivity (Wildman–Crippen MR) is 85.8 cm³/mol. The summed E-state index contributed by atoms with van der Waals surface area (Å²) >= 11 is 5.35. The van der Waals surface area contributed by atoms with Crippen LogP contribution in [0.3, 0.4) is 0 Å². The minimum absolute atomic E-state index is 0.690. The molecule has 0 fully saturated rings. The summed E-state index contributed by atoms with van der Waals surface area (Å²) in [6, 6.07) is 14.6. The maximum Gasteiger partial charge on any atom is 0.195 e. The molecule has 108 valence electrons. The molecule has 2 aromatic heterocycles. The third-order valence-electron chi connectivity index (χ3n) is 3.69. The van der Waals surface area contributed by atoms with Crippen molar-refractivity contribution < 1.29 is 0 Å². The molecule has 0 saturated heterocycles. The molecule has 0 spiro atoms. The molecule has 1 N–H and O–H groups in total. The van der Waals surface area contributed by atoms with Crippen molar-refractivity contribution >= 4 is 12.2 Å². The van der Waals surface area contributed by atoms with E-state index in [9.17, 15) is 0 Å². The molecule has 0 unspecified atom stereocenters. The first-order valence-corrected chi connectivity index (χ1v) is 7.43. The van der Waals surface area contributed by atoms with Crippen molar-refractivity contribution in [2.45, 2.75) is 19.4 Å². The number of aryl methyl sites for hydroxylation is 2. The summed E-state index contributed by atoms with van der Waals surface area (Å²) in [5.74, 6) is 0.984. The van der Waals surface area contributed by atoms with Crippen molar-refractivity contribution in [1.29, 1.82) is 0 Å². The standard InChI is InChI=1S/C16H18N4S/c1-19-10-5-8-14(19)12-15-17-18-16(21)20(15)11-9-13-6-3-2-4-7-13/h2-8,10H,9,11-12H2,1H3,(H,18,21). The lowest BCUT2D eigenvalue weighted by molar-refractivity contribution is 0.647.